The fraction of sp³-hybridized carbons (Fsp3) is 0.333. The molecule has 0 saturated heterocycles. The highest BCUT2D eigenvalue weighted by atomic mass is 32.2. The Balaban J connectivity index is 2.11. The number of benzene rings is 2. The van der Waals surface area contributed by atoms with Gasteiger partial charge in [-0.1, -0.05) is 51.0 Å². The van der Waals surface area contributed by atoms with Gasteiger partial charge in [0.2, 0.25) is 0 Å². The molecule has 1 nitrogen and oxygen atoms in total. The Morgan fingerprint density at radius 3 is 1.35 bits per heavy atom. The highest BCUT2D eigenvalue weighted by Crippen LogP contribution is 2.22. The molecule has 0 spiro atoms. The van der Waals surface area contributed by atoms with Crippen LogP contribution >= 0.6 is 0 Å². The molecule has 2 heteroatoms. The van der Waals surface area contributed by atoms with E-state index in [9.17, 15) is 4.55 Å². The minimum atomic E-state index is -1.07. The van der Waals surface area contributed by atoms with Gasteiger partial charge >= 0.3 is 0 Å². The predicted octanol–water partition coefficient (Wildman–Crippen LogP) is 4.76. The lowest BCUT2D eigenvalue weighted by Crippen LogP contribution is -2.02. The topological polar surface area (TPSA) is 23.1 Å². The molecular weight excluding hydrogens is 264 g/mol. The first-order valence-electron chi connectivity index (χ1n) is 7.34. The quantitative estimate of drug-likeness (QED) is 0.702. The van der Waals surface area contributed by atoms with Gasteiger partial charge in [0, 0.05) is 11.2 Å². The van der Waals surface area contributed by atoms with Crippen molar-refractivity contribution in [2.75, 3.05) is 0 Å². The Hall–Kier alpha value is -1.25. The summed E-state index contributed by atoms with van der Waals surface area (Å²) in [6.07, 6.45) is 4.44. The molecule has 2 aromatic carbocycles. The molecule has 2 rings (SSSR count). The molecule has 0 atom stereocenters. The van der Waals surface area contributed by atoms with Crippen molar-refractivity contribution in [1.82, 2.24) is 0 Å². The lowest BCUT2D eigenvalue weighted by Gasteiger charge is -2.11. The van der Waals surface area contributed by atoms with Gasteiger partial charge in [-0.05, 0) is 48.2 Å². The summed E-state index contributed by atoms with van der Waals surface area (Å²) in [5.74, 6) is 0. The van der Waals surface area contributed by atoms with Crippen LogP contribution in [-0.2, 0) is 24.0 Å². The molecule has 0 unspecified atom stereocenters. The maximum Gasteiger partial charge on any atom is 0.158 e. The summed E-state index contributed by atoms with van der Waals surface area (Å²) >= 11 is -1.07. The van der Waals surface area contributed by atoms with Crippen molar-refractivity contribution < 1.29 is 4.55 Å². The number of hydrogen-bond acceptors (Lipinski definition) is 1. The van der Waals surface area contributed by atoms with Crippen LogP contribution in [0.3, 0.4) is 0 Å². The Morgan fingerprint density at radius 2 is 1.05 bits per heavy atom. The van der Waals surface area contributed by atoms with E-state index < -0.39 is 11.2 Å². The van der Waals surface area contributed by atoms with Crippen LogP contribution in [0.2, 0.25) is 0 Å². The average molecular weight is 286 g/mol. The van der Waals surface area contributed by atoms with Crippen molar-refractivity contribution in [3.8, 4) is 0 Å². The predicted molar refractivity (Wildman–Crippen MR) is 85.5 cm³/mol. The molecule has 0 aliphatic carbocycles. The van der Waals surface area contributed by atoms with Gasteiger partial charge in [0.05, 0.1) is 0 Å². The molecule has 0 fully saturated rings. The monoisotopic (exact) mass is 286 g/mol. The van der Waals surface area contributed by atoms with Gasteiger partial charge in [-0.15, -0.1) is 0 Å². The maximum atomic E-state index is 12.5. The van der Waals surface area contributed by atoms with Crippen molar-refractivity contribution in [2.24, 2.45) is 0 Å². The van der Waals surface area contributed by atoms with E-state index >= 15 is 0 Å². The van der Waals surface area contributed by atoms with Crippen LogP contribution in [0.25, 0.3) is 0 Å². The highest BCUT2D eigenvalue weighted by molar-refractivity contribution is 7.91. The van der Waals surface area contributed by atoms with Crippen LogP contribution in [-0.4, -0.2) is 4.55 Å². The van der Waals surface area contributed by atoms with Gasteiger partial charge in [0.15, 0.2) is 9.79 Å². The fourth-order valence-corrected chi connectivity index (χ4v) is 3.31. The van der Waals surface area contributed by atoms with E-state index in [1.54, 1.807) is 0 Å². The van der Waals surface area contributed by atoms with E-state index in [-0.39, 0.29) is 0 Å². The summed E-state index contributed by atoms with van der Waals surface area (Å²) < 4.78 is 12.5. The third-order valence-electron chi connectivity index (χ3n) is 3.35. The zero-order chi connectivity index (χ0) is 14.4. The number of aryl methyl sites for hydroxylation is 2. The Labute approximate surface area is 125 Å². The second kappa shape index (κ2) is 7.51. The standard InChI is InChI=1S/C18H22OS/c1-3-5-15-7-11-17(12-8-15)20(19)18-13-9-16(6-4-2)10-14-18/h7-14H,3-6H2,1-2H3. The minimum absolute atomic E-state index is 0.882. The van der Waals surface area contributed by atoms with E-state index in [1.165, 1.54) is 11.1 Å². The zero-order valence-corrected chi connectivity index (χ0v) is 13.1. The summed E-state index contributed by atoms with van der Waals surface area (Å²) in [5, 5.41) is 0. The van der Waals surface area contributed by atoms with E-state index in [0.717, 1.165) is 35.5 Å². The van der Waals surface area contributed by atoms with E-state index in [2.05, 4.69) is 38.1 Å². The number of hydrogen-bond donors (Lipinski definition) is 0. The molecule has 0 aromatic heterocycles. The normalized spacial score (nSPS) is 11.0. The lowest BCUT2D eigenvalue weighted by atomic mass is 10.1. The van der Waals surface area contributed by atoms with Gasteiger partial charge in [0.25, 0.3) is 0 Å². The molecule has 20 heavy (non-hydrogen) atoms. The molecule has 0 amide bonds. The van der Waals surface area contributed by atoms with E-state index in [4.69, 9.17) is 0 Å². The first-order valence-corrected chi connectivity index (χ1v) is 8.49. The summed E-state index contributed by atoms with van der Waals surface area (Å²) in [7, 11) is 0. The fourth-order valence-electron chi connectivity index (χ4n) is 2.27. The number of rotatable bonds is 6. The van der Waals surface area contributed by atoms with Crippen LogP contribution in [0.15, 0.2) is 58.3 Å². The molecule has 0 saturated carbocycles. The second-order valence-corrected chi connectivity index (χ2v) is 6.54. The average Bonchev–Trinajstić information content (AvgIpc) is 2.49. The molecule has 106 valence electrons. The third kappa shape index (κ3) is 3.87. The molecule has 2 aromatic rings. The van der Waals surface area contributed by atoms with Crippen molar-refractivity contribution in [3.05, 3.63) is 59.7 Å². The van der Waals surface area contributed by atoms with Crippen LogP contribution < -0.4 is 0 Å². The minimum Gasteiger partial charge on any atom is -0.606 e. The van der Waals surface area contributed by atoms with Crippen LogP contribution in [0.4, 0.5) is 0 Å². The van der Waals surface area contributed by atoms with Gasteiger partial charge in [0.1, 0.15) is 0 Å². The highest BCUT2D eigenvalue weighted by Gasteiger charge is 2.14. The van der Waals surface area contributed by atoms with Crippen molar-refractivity contribution in [1.29, 1.82) is 0 Å². The van der Waals surface area contributed by atoms with Crippen molar-refractivity contribution >= 4 is 11.2 Å². The largest absolute Gasteiger partial charge is 0.606 e. The van der Waals surface area contributed by atoms with Crippen LogP contribution in [0, 0.1) is 0 Å². The van der Waals surface area contributed by atoms with E-state index in [0.29, 0.717) is 0 Å². The van der Waals surface area contributed by atoms with Gasteiger partial charge < -0.3 is 4.55 Å². The Bertz CT molecular complexity index is 467. The van der Waals surface area contributed by atoms with Crippen molar-refractivity contribution in [2.45, 2.75) is 49.3 Å². The smallest absolute Gasteiger partial charge is 0.158 e. The maximum absolute atomic E-state index is 12.5. The van der Waals surface area contributed by atoms with Gasteiger partial charge in [-0.2, -0.15) is 0 Å². The second-order valence-electron chi connectivity index (χ2n) is 5.06. The van der Waals surface area contributed by atoms with E-state index in [1.807, 2.05) is 24.3 Å². The third-order valence-corrected chi connectivity index (χ3v) is 4.75. The van der Waals surface area contributed by atoms with Crippen molar-refractivity contribution in [3.63, 3.8) is 0 Å². The molecule has 0 aliphatic heterocycles. The van der Waals surface area contributed by atoms with Crippen LogP contribution in [0.5, 0.6) is 0 Å². The van der Waals surface area contributed by atoms with Gasteiger partial charge in [-0.3, -0.25) is 0 Å². The summed E-state index contributed by atoms with van der Waals surface area (Å²) in [5.41, 5.74) is 2.62. The molecule has 0 radical (unpaired) electrons. The molecular formula is C18H22OS. The Kier molecular flexibility index (Phi) is 5.69. The lowest BCUT2D eigenvalue weighted by molar-refractivity contribution is 0.595. The first kappa shape index (κ1) is 15.1. The SMILES string of the molecule is CCCc1ccc([S+]([O-])c2ccc(CCC)cc2)cc1. The Morgan fingerprint density at radius 1 is 0.700 bits per heavy atom. The summed E-state index contributed by atoms with van der Waals surface area (Å²) in [6.45, 7) is 4.34. The molecule has 0 bridgehead atoms. The molecule has 0 aliphatic rings. The van der Waals surface area contributed by atoms with Gasteiger partial charge in [-0.25, -0.2) is 0 Å². The zero-order valence-electron chi connectivity index (χ0n) is 12.3. The molecule has 0 N–H and O–H groups in total. The first-order chi connectivity index (χ1) is 9.74. The van der Waals surface area contributed by atoms with Crippen LogP contribution in [0.1, 0.15) is 37.8 Å². The summed E-state index contributed by atoms with van der Waals surface area (Å²) in [4.78, 5) is 1.76. The summed E-state index contributed by atoms with van der Waals surface area (Å²) in [6, 6.07) is 16.3. The molecule has 0 heterocycles.